The third-order valence-electron chi connectivity index (χ3n) is 3.83. The highest BCUT2D eigenvalue weighted by atomic mass is 16.5. The van der Waals surface area contributed by atoms with Crippen molar-refractivity contribution in [2.24, 2.45) is 0 Å². The molecule has 0 aliphatic carbocycles. The molecular weight excluding hydrogens is 348 g/mol. The maximum absolute atomic E-state index is 12.1. The van der Waals surface area contributed by atoms with Crippen molar-refractivity contribution >= 4 is 23.5 Å². The monoisotopic (exact) mass is 370 g/mol. The topological polar surface area (TPSA) is 105 Å². The molecule has 0 saturated carbocycles. The van der Waals surface area contributed by atoms with E-state index in [1.165, 1.54) is 0 Å². The first kappa shape index (κ1) is 20.0. The van der Waals surface area contributed by atoms with Gasteiger partial charge in [0.1, 0.15) is 5.75 Å². The number of carboxylic acids is 1. The molecule has 0 spiro atoms. The van der Waals surface area contributed by atoms with Crippen molar-refractivity contribution in [3.63, 3.8) is 0 Å². The van der Waals surface area contributed by atoms with E-state index < -0.39 is 5.97 Å². The van der Waals surface area contributed by atoms with E-state index in [9.17, 15) is 14.4 Å². The predicted octanol–water partition coefficient (Wildman–Crippen LogP) is 2.47. The summed E-state index contributed by atoms with van der Waals surface area (Å²) < 4.78 is 5.16. The summed E-state index contributed by atoms with van der Waals surface area (Å²) in [5.41, 5.74) is 2.00. The van der Waals surface area contributed by atoms with Crippen LogP contribution in [0.2, 0.25) is 0 Å². The summed E-state index contributed by atoms with van der Waals surface area (Å²) in [5.74, 6) is -0.698. The van der Waals surface area contributed by atoms with Crippen LogP contribution >= 0.6 is 0 Å². The number of carboxylic acid groups (broad SMARTS) is 1. The molecule has 7 nitrogen and oxygen atoms in total. The Kier molecular flexibility index (Phi) is 7.37. The van der Waals surface area contributed by atoms with Gasteiger partial charge >= 0.3 is 5.97 Å². The molecule has 0 atom stereocenters. The number of anilines is 1. The molecule has 0 aromatic heterocycles. The van der Waals surface area contributed by atoms with Crippen molar-refractivity contribution in [2.75, 3.05) is 19.0 Å². The van der Waals surface area contributed by atoms with E-state index in [0.29, 0.717) is 24.1 Å². The van der Waals surface area contributed by atoms with Gasteiger partial charge < -0.3 is 20.5 Å². The number of amides is 2. The fourth-order valence-corrected chi connectivity index (χ4v) is 2.40. The zero-order valence-electron chi connectivity index (χ0n) is 15.0. The average Bonchev–Trinajstić information content (AvgIpc) is 2.66. The highest BCUT2D eigenvalue weighted by Crippen LogP contribution is 2.15. The van der Waals surface area contributed by atoms with Crippen molar-refractivity contribution in [1.29, 1.82) is 0 Å². The molecule has 0 unspecified atom stereocenters. The van der Waals surface area contributed by atoms with Crippen molar-refractivity contribution < 1.29 is 24.2 Å². The fourth-order valence-electron chi connectivity index (χ4n) is 2.40. The second kappa shape index (κ2) is 9.96. The summed E-state index contributed by atoms with van der Waals surface area (Å²) >= 11 is 0. The molecule has 0 fully saturated rings. The quantitative estimate of drug-likeness (QED) is 0.629. The summed E-state index contributed by atoms with van der Waals surface area (Å²) in [6, 6.07) is 14.0. The molecule has 2 aromatic rings. The number of hydrogen-bond acceptors (Lipinski definition) is 4. The Morgan fingerprint density at radius 2 is 1.78 bits per heavy atom. The average molecular weight is 370 g/mol. The zero-order chi connectivity index (χ0) is 19.6. The first-order valence-corrected chi connectivity index (χ1v) is 8.51. The van der Waals surface area contributed by atoms with Gasteiger partial charge in [0.2, 0.25) is 5.91 Å². The lowest BCUT2D eigenvalue weighted by atomic mass is 10.1. The van der Waals surface area contributed by atoms with Gasteiger partial charge in [-0.25, -0.2) is 0 Å². The molecule has 0 aliphatic rings. The minimum Gasteiger partial charge on any atom is -0.497 e. The number of rotatable bonds is 9. The molecule has 27 heavy (non-hydrogen) atoms. The molecule has 0 bridgehead atoms. The standard InChI is InChI=1S/C20H22N2O5/c1-27-17-4-2-3-14(13-17)5-10-18(23)22-16-8-6-15(7-9-16)20(26)21-12-11-19(24)25/h2-4,6-9,13H,5,10-12H2,1H3,(H,21,26)(H,22,23)(H,24,25). The van der Waals surface area contributed by atoms with Crippen molar-refractivity contribution in [3.8, 4) is 5.75 Å². The van der Waals surface area contributed by atoms with Gasteiger partial charge in [0.25, 0.3) is 5.91 Å². The normalized spacial score (nSPS) is 10.1. The van der Waals surface area contributed by atoms with Crippen LogP contribution in [0, 0.1) is 0 Å². The van der Waals surface area contributed by atoms with Crippen LogP contribution in [0.15, 0.2) is 48.5 Å². The van der Waals surface area contributed by atoms with Gasteiger partial charge in [0, 0.05) is 24.2 Å². The van der Waals surface area contributed by atoms with E-state index in [-0.39, 0.29) is 24.8 Å². The molecule has 2 amide bonds. The van der Waals surface area contributed by atoms with E-state index in [1.54, 1.807) is 31.4 Å². The van der Waals surface area contributed by atoms with Gasteiger partial charge in [-0.15, -0.1) is 0 Å². The highest BCUT2D eigenvalue weighted by molar-refractivity contribution is 5.96. The molecule has 7 heteroatoms. The number of aryl methyl sites for hydroxylation is 1. The van der Waals surface area contributed by atoms with E-state index in [0.717, 1.165) is 11.3 Å². The van der Waals surface area contributed by atoms with E-state index >= 15 is 0 Å². The minimum atomic E-state index is -0.970. The van der Waals surface area contributed by atoms with Crippen LogP contribution in [0.1, 0.15) is 28.8 Å². The molecule has 2 rings (SSSR count). The van der Waals surface area contributed by atoms with E-state index in [4.69, 9.17) is 9.84 Å². The van der Waals surface area contributed by atoms with Crippen LogP contribution < -0.4 is 15.4 Å². The lowest BCUT2D eigenvalue weighted by molar-refractivity contribution is -0.136. The van der Waals surface area contributed by atoms with Gasteiger partial charge in [-0.2, -0.15) is 0 Å². The van der Waals surface area contributed by atoms with Gasteiger partial charge in [-0.1, -0.05) is 12.1 Å². The smallest absolute Gasteiger partial charge is 0.305 e. The largest absolute Gasteiger partial charge is 0.497 e. The Bertz CT molecular complexity index is 802. The van der Waals surface area contributed by atoms with Crippen LogP contribution in [0.3, 0.4) is 0 Å². The third kappa shape index (κ3) is 6.81. The Labute approximate surface area is 157 Å². The maximum Gasteiger partial charge on any atom is 0.305 e. The lowest BCUT2D eigenvalue weighted by Gasteiger charge is -2.08. The van der Waals surface area contributed by atoms with Gasteiger partial charge in [0.05, 0.1) is 13.5 Å². The number of nitrogens with one attached hydrogen (secondary N) is 2. The number of ether oxygens (including phenoxy) is 1. The van der Waals surface area contributed by atoms with Gasteiger partial charge in [-0.05, 0) is 48.4 Å². The van der Waals surface area contributed by atoms with Crippen LogP contribution in [0.4, 0.5) is 5.69 Å². The van der Waals surface area contributed by atoms with Crippen molar-refractivity contribution in [1.82, 2.24) is 5.32 Å². The summed E-state index contributed by atoms with van der Waals surface area (Å²) in [5, 5.41) is 13.9. The Morgan fingerprint density at radius 1 is 1.04 bits per heavy atom. The third-order valence-corrected chi connectivity index (χ3v) is 3.83. The minimum absolute atomic E-state index is 0.0664. The van der Waals surface area contributed by atoms with Gasteiger partial charge in [-0.3, -0.25) is 14.4 Å². The molecule has 142 valence electrons. The number of methoxy groups -OCH3 is 1. The lowest BCUT2D eigenvalue weighted by Crippen LogP contribution is -2.25. The number of carbonyl (C=O) groups excluding carboxylic acids is 2. The second-order valence-corrected chi connectivity index (χ2v) is 5.88. The SMILES string of the molecule is COc1cccc(CCC(=O)Nc2ccc(C(=O)NCCC(=O)O)cc2)c1. The zero-order valence-corrected chi connectivity index (χ0v) is 15.0. The summed E-state index contributed by atoms with van der Waals surface area (Å²) in [6.45, 7) is 0.0664. The predicted molar refractivity (Wildman–Crippen MR) is 101 cm³/mol. The van der Waals surface area contributed by atoms with Crippen LogP contribution in [-0.2, 0) is 16.0 Å². The molecule has 0 aliphatic heterocycles. The van der Waals surface area contributed by atoms with E-state index in [2.05, 4.69) is 10.6 Å². The molecule has 0 heterocycles. The molecule has 3 N–H and O–H groups in total. The van der Waals surface area contributed by atoms with Crippen LogP contribution in [0.5, 0.6) is 5.75 Å². The molecule has 0 radical (unpaired) electrons. The first-order chi connectivity index (χ1) is 13.0. The maximum atomic E-state index is 12.1. The summed E-state index contributed by atoms with van der Waals surface area (Å²) in [4.78, 5) is 34.4. The molecule has 0 saturated heterocycles. The highest BCUT2D eigenvalue weighted by Gasteiger charge is 2.08. The molecular formula is C20H22N2O5. The second-order valence-electron chi connectivity index (χ2n) is 5.88. The van der Waals surface area contributed by atoms with Crippen LogP contribution in [-0.4, -0.2) is 36.5 Å². The number of aliphatic carboxylic acids is 1. The Balaban J connectivity index is 1.81. The fraction of sp³-hybridized carbons (Fsp3) is 0.250. The Hall–Kier alpha value is -3.35. The first-order valence-electron chi connectivity index (χ1n) is 8.51. The summed E-state index contributed by atoms with van der Waals surface area (Å²) in [7, 11) is 1.60. The number of hydrogen-bond donors (Lipinski definition) is 3. The van der Waals surface area contributed by atoms with Crippen LogP contribution in [0.25, 0.3) is 0 Å². The number of benzene rings is 2. The van der Waals surface area contributed by atoms with Crippen molar-refractivity contribution in [2.45, 2.75) is 19.3 Å². The summed E-state index contributed by atoms with van der Waals surface area (Å²) in [6.07, 6.45) is 0.783. The van der Waals surface area contributed by atoms with E-state index in [1.807, 2.05) is 24.3 Å². The molecule has 2 aromatic carbocycles. The number of carbonyl (C=O) groups is 3. The Morgan fingerprint density at radius 3 is 2.44 bits per heavy atom. The van der Waals surface area contributed by atoms with Gasteiger partial charge in [0.15, 0.2) is 0 Å². The van der Waals surface area contributed by atoms with Crippen molar-refractivity contribution in [3.05, 3.63) is 59.7 Å².